The molecule has 14 nitrogen and oxygen atoms in total. The third-order valence-corrected chi connectivity index (χ3v) is 13.8. The number of carboxylic acid groups (broad SMARTS) is 1. The number of Topliss-reactive ketones (excluding diaryl/α,β-unsaturated/α-hetero) is 1. The molecule has 0 aromatic heterocycles. The molecule has 14 heteroatoms. The van der Waals surface area contributed by atoms with E-state index in [4.69, 9.17) is 14.7 Å². The monoisotopic (exact) mass is 902 g/mol. The Morgan fingerprint density at radius 1 is 0.953 bits per heavy atom. The second-order valence-electron chi connectivity index (χ2n) is 19.4. The van der Waals surface area contributed by atoms with E-state index in [9.17, 15) is 29.1 Å². The van der Waals surface area contributed by atoms with Gasteiger partial charge in [-0.25, -0.2) is 5.06 Å². The molecule has 3 unspecified atom stereocenters. The molecule has 2 heterocycles. The second kappa shape index (κ2) is 28.6. The summed E-state index contributed by atoms with van der Waals surface area (Å²) in [6.07, 6.45) is 6.93. The molecule has 2 saturated heterocycles. The summed E-state index contributed by atoms with van der Waals surface area (Å²) in [5.74, 6) is 4.25. The predicted molar refractivity (Wildman–Crippen MR) is 251 cm³/mol. The van der Waals surface area contributed by atoms with Crippen molar-refractivity contribution in [3.05, 3.63) is 11.6 Å². The molecule has 0 saturated carbocycles. The SMILES string of the molecule is CC#C/C(=C\C)C[C@H](NC(O)[C@H](C)[C@@H](OC)C1CCCN1C(=O)C[C@@H](C)[C@@H](CCC(C)C(=O)[C@@H](NC(=O)[C@H](C(C)C)N(C)CCCC(=O)O)C(C)C)[C@@H](C)CC)C(=O)N1CCCCO1. The number of hydrogen-bond acceptors (Lipinski definition) is 10. The van der Waals surface area contributed by atoms with E-state index in [0.29, 0.717) is 51.4 Å². The van der Waals surface area contributed by atoms with Crippen molar-refractivity contribution in [1.29, 1.82) is 0 Å². The van der Waals surface area contributed by atoms with Gasteiger partial charge in [0.15, 0.2) is 5.78 Å². The first-order valence-electron chi connectivity index (χ1n) is 24.3. The minimum atomic E-state index is -1.12. The number of likely N-dealkylation sites (tertiary alicyclic amines) is 1. The Balaban J connectivity index is 2.17. The Morgan fingerprint density at radius 2 is 1.64 bits per heavy atom. The van der Waals surface area contributed by atoms with Crippen LogP contribution in [0, 0.1) is 53.3 Å². The van der Waals surface area contributed by atoms with Crippen LogP contribution < -0.4 is 10.6 Å². The number of hydroxylamine groups is 2. The summed E-state index contributed by atoms with van der Waals surface area (Å²) in [4.78, 5) is 76.4. The number of aliphatic hydroxyl groups is 1. The van der Waals surface area contributed by atoms with Gasteiger partial charge in [0.05, 0.1) is 36.9 Å². The van der Waals surface area contributed by atoms with Crippen molar-refractivity contribution in [2.24, 2.45) is 41.4 Å². The first kappa shape index (κ1) is 56.8. The van der Waals surface area contributed by atoms with E-state index in [1.807, 2.05) is 71.4 Å². The summed E-state index contributed by atoms with van der Waals surface area (Å²) in [6, 6.07) is -2.20. The number of nitrogens with zero attached hydrogens (tertiary/aromatic N) is 3. The number of allylic oxidation sites excluding steroid dienone is 1. The fourth-order valence-corrected chi connectivity index (χ4v) is 9.79. The molecule has 0 aromatic carbocycles. The van der Waals surface area contributed by atoms with Gasteiger partial charge in [-0.2, -0.15) is 0 Å². The van der Waals surface area contributed by atoms with Gasteiger partial charge in [-0.3, -0.25) is 39.0 Å². The third kappa shape index (κ3) is 17.1. The number of hydrogen-bond donors (Lipinski definition) is 4. The molecule has 0 spiro atoms. The largest absolute Gasteiger partial charge is 0.481 e. The van der Waals surface area contributed by atoms with Crippen molar-refractivity contribution in [2.45, 2.75) is 183 Å². The van der Waals surface area contributed by atoms with Crippen molar-refractivity contribution < 1.29 is 43.8 Å². The topological polar surface area (TPSA) is 178 Å². The van der Waals surface area contributed by atoms with E-state index in [2.05, 4.69) is 43.2 Å². The molecule has 366 valence electrons. The average molecular weight is 902 g/mol. The van der Waals surface area contributed by atoms with E-state index in [1.165, 1.54) is 5.06 Å². The Labute approximate surface area is 386 Å². The number of aliphatic carboxylic acids is 1. The Morgan fingerprint density at radius 3 is 2.19 bits per heavy atom. The van der Waals surface area contributed by atoms with Gasteiger partial charge in [-0.15, -0.1) is 5.92 Å². The van der Waals surface area contributed by atoms with E-state index < -0.39 is 42.3 Å². The van der Waals surface area contributed by atoms with Crippen LogP contribution in [0.25, 0.3) is 0 Å². The van der Waals surface area contributed by atoms with Crippen LogP contribution in [-0.2, 0) is 33.5 Å². The summed E-state index contributed by atoms with van der Waals surface area (Å²) in [7, 11) is 3.43. The number of nitrogens with one attached hydrogen (secondary N) is 2. The average Bonchev–Trinajstić information content (AvgIpc) is 3.74. The lowest BCUT2D eigenvalue weighted by molar-refractivity contribution is -0.200. The summed E-state index contributed by atoms with van der Waals surface area (Å²) in [6.45, 7) is 23.8. The zero-order valence-corrected chi connectivity index (χ0v) is 41.8. The van der Waals surface area contributed by atoms with Gasteiger partial charge in [-0.05, 0) is 108 Å². The predicted octanol–water partition coefficient (Wildman–Crippen LogP) is 6.45. The molecule has 2 fully saturated rings. The minimum absolute atomic E-state index is 0.00486. The highest BCUT2D eigenvalue weighted by atomic mass is 16.7. The van der Waals surface area contributed by atoms with Gasteiger partial charge in [0.2, 0.25) is 11.8 Å². The highest BCUT2D eigenvalue weighted by molar-refractivity contribution is 5.92. The first-order chi connectivity index (χ1) is 30.2. The normalized spacial score (nSPS) is 20.7. The molecule has 2 aliphatic rings. The van der Waals surface area contributed by atoms with Crippen LogP contribution in [0.4, 0.5) is 0 Å². The van der Waals surface area contributed by atoms with E-state index >= 15 is 0 Å². The van der Waals surface area contributed by atoms with Gasteiger partial charge in [-0.1, -0.05) is 80.7 Å². The van der Waals surface area contributed by atoms with Crippen molar-refractivity contribution in [2.75, 3.05) is 40.4 Å². The van der Waals surface area contributed by atoms with Crippen LogP contribution in [0.3, 0.4) is 0 Å². The molecule has 3 amide bonds. The highest BCUT2D eigenvalue weighted by Gasteiger charge is 2.42. The van der Waals surface area contributed by atoms with Gasteiger partial charge in [0.25, 0.3) is 5.91 Å². The molecule has 0 aliphatic carbocycles. The number of amides is 3. The van der Waals surface area contributed by atoms with Gasteiger partial charge < -0.3 is 25.2 Å². The summed E-state index contributed by atoms with van der Waals surface area (Å²) < 4.78 is 6.08. The van der Waals surface area contributed by atoms with Crippen molar-refractivity contribution >= 4 is 29.5 Å². The van der Waals surface area contributed by atoms with Crippen molar-refractivity contribution in [3.63, 3.8) is 0 Å². The Hall–Kier alpha value is -3.35. The van der Waals surface area contributed by atoms with Crippen LogP contribution >= 0.6 is 0 Å². The first-order valence-corrected chi connectivity index (χ1v) is 24.3. The quantitative estimate of drug-likeness (QED) is 0.0501. The summed E-state index contributed by atoms with van der Waals surface area (Å²) >= 11 is 0. The number of likely N-dealkylation sites (N-methyl/N-ethyl adjacent to an activating group) is 1. The molecule has 2 rings (SSSR count). The summed E-state index contributed by atoms with van der Waals surface area (Å²) in [5.41, 5.74) is 0.780. The fourth-order valence-electron chi connectivity index (χ4n) is 9.79. The van der Waals surface area contributed by atoms with E-state index in [0.717, 1.165) is 44.1 Å². The lowest BCUT2D eigenvalue weighted by Crippen LogP contribution is -2.56. The minimum Gasteiger partial charge on any atom is -0.481 e. The van der Waals surface area contributed by atoms with Gasteiger partial charge in [0.1, 0.15) is 6.23 Å². The number of aliphatic hydroxyl groups excluding tert-OH is 1. The maximum absolute atomic E-state index is 14.3. The molecule has 0 aromatic rings. The number of methoxy groups -OCH3 is 1. The maximum Gasteiger partial charge on any atom is 0.303 e. The number of carbonyl (C=O) groups excluding carboxylic acids is 4. The molecule has 11 atom stereocenters. The van der Waals surface area contributed by atoms with Gasteiger partial charge in [0, 0.05) is 51.3 Å². The zero-order chi connectivity index (χ0) is 48.3. The van der Waals surface area contributed by atoms with E-state index in [1.54, 1.807) is 14.0 Å². The number of rotatable bonds is 28. The van der Waals surface area contributed by atoms with Crippen molar-refractivity contribution in [3.8, 4) is 11.8 Å². The lowest BCUT2D eigenvalue weighted by atomic mass is 9.75. The fraction of sp³-hybridized carbons (Fsp3) is 0.820. The second-order valence-corrected chi connectivity index (χ2v) is 19.4. The molecule has 2 aliphatic heterocycles. The Kier molecular flexibility index (Phi) is 25.4. The number of carboxylic acids is 1. The van der Waals surface area contributed by atoms with Crippen LogP contribution in [-0.4, -0.2) is 131 Å². The molecular formula is C50H87N5O9. The van der Waals surface area contributed by atoms with E-state index in [-0.39, 0.29) is 72.0 Å². The van der Waals surface area contributed by atoms with Crippen LogP contribution in [0.15, 0.2) is 11.6 Å². The lowest BCUT2D eigenvalue weighted by Gasteiger charge is -2.38. The molecule has 0 bridgehead atoms. The van der Waals surface area contributed by atoms with Crippen molar-refractivity contribution in [1.82, 2.24) is 25.5 Å². The number of ether oxygens (including phenoxy) is 1. The van der Waals surface area contributed by atoms with Crippen LogP contribution in [0.2, 0.25) is 0 Å². The smallest absolute Gasteiger partial charge is 0.303 e. The maximum atomic E-state index is 14.3. The van der Waals surface area contributed by atoms with Crippen LogP contribution in [0.1, 0.15) is 147 Å². The molecule has 4 N–H and O–H groups in total. The highest BCUT2D eigenvalue weighted by Crippen LogP contribution is 2.35. The zero-order valence-electron chi connectivity index (χ0n) is 41.8. The molecule has 0 radical (unpaired) electrons. The standard InChI is InChI=1S/C50H87N5O9/c1-14-21-38(16-3)31-40(50(62)55-28-17-18-29-64-55)51-48(60)37(11)47(63-13)41-22-19-27-54(41)42(56)30-36(10)39(34(8)15-2)25-24-35(9)46(59)44(32(4)5)52-49(61)45(33(6)7)53(12)26-20-23-43(57)58/h16,32-37,39-41,44-45,47-48,51,60H,15,17-20,22-31H2,1-13H3,(H,52,61)(H,57,58)/b38-16+/t34-,35?,36+,37+,39-,40-,41?,44-,45-,47+,48?/m0/s1. The summed E-state index contributed by atoms with van der Waals surface area (Å²) in [5, 5.41) is 28.4. The number of carbonyl (C=O) groups is 5. The molecule has 64 heavy (non-hydrogen) atoms. The molecular weight excluding hydrogens is 815 g/mol. The Bertz CT molecular complexity index is 1570. The van der Waals surface area contributed by atoms with Gasteiger partial charge >= 0.3 is 5.97 Å². The third-order valence-electron chi connectivity index (χ3n) is 13.8. The number of ketones is 1. The van der Waals surface area contributed by atoms with Crippen LogP contribution in [0.5, 0.6) is 0 Å².